The molecule has 0 aliphatic heterocycles. The number of aryl methyl sites for hydroxylation is 2. The summed E-state index contributed by atoms with van der Waals surface area (Å²) in [6.45, 7) is 9.09. The first-order valence-corrected chi connectivity index (χ1v) is 15.9. The van der Waals surface area contributed by atoms with Crippen molar-refractivity contribution in [2.75, 3.05) is 25.1 Å². The molecule has 9 nitrogen and oxygen atoms in total. The van der Waals surface area contributed by atoms with Gasteiger partial charge in [-0.1, -0.05) is 61.4 Å². The lowest BCUT2D eigenvalue weighted by Gasteiger charge is -2.34. The molecular weight excluding hydrogens is 566 g/mol. The molecule has 0 aliphatic rings. The normalized spacial score (nSPS) is 12.6. The van der Waals surface area contributed by atoms with Crippen molar-refractivity contribution in [2.45, 2.75) is 71.0 Å². The lowest BCUT2D eigenvalue weighted by Crippen LogP contribution is -2.53. The number of hydrogen-bond acceptors (Lipinski definition) is 6. The fourth-order valence-electron chi connectivity index (χ4n) is 4.59. The maximum atomic E-state index is 14.3. The molecule has 0 spiro atoms. The quantitative estimate of drug-likeness (QED) is 0.268. The maximum absolute atomic E-state index is 14.3. The molecule has 3 rings (SSSR count). The van der Waals surface area contributed by atoms with E-state index in [0.717, 1.165) is 27.4 Å². The molecule has 232 valence electrons. The van der Waals surface area contributed by atoms with Crippen LogP contribution in [0, 0.1) is 13.8 Å². The summed E-state index contributed by atoms with van der Waals surface area (Å²) in [7, 11) is -1.36. The summed E-state index contributed by atoms with van der Waals surface area (Å²) in [4.78, 5) is 29.2. The van der Waals surface area contributed by atoms with Crippen LogP contribution in [0.5, 0.6) is 11.5 Å². The van der Waals surface area contributed by atoms with Crippen molar-refractivity contribution >= 4 is 27.5 Å². The lowest BCUT2D eigenvalue weighted by atomic mass is 10.1. The van der Waals surface area contributed by atoms with Crippen LogP contribution >= 0.6 is 0 Å². The van der Waals surface area contributed by atoms with Crippen molar-refractivity contribution in [3.63, 3.8) is 0 Å². The number of hydrogen-bond donors (Lipinski definition) is 1. The van der Waals surface area contributed by atoms with Gasteiger partial charge in [0.05, 0.1) is 24.8 Å². The molecular formula is C33H43N3O6S. The molecule has 0 bridgehead atoms. The molecule has 0 unspecified atom stereocenters. The van der Waals surface area contributed by atoms with Gasteiger partial charge < -0.3 is 19.7 Å². The Morgan fingerprint density at radius 2 is 1.47 bits per heavy atom. The number of rotatable bonds is 14. The summed E-state index contributed by atoms with van der Waals surface area (Å²) in [5.74, 6) is -0.185. The number of methoxy groups -OCH3 is 2. The van der Waals surface area contributed by atoms with Crippen LogP contribution in [0.1, 0.15) is 50.3 Å². The van der Waals surface area contributed by atoms with Crippen molar-refractivity contribution in [3.05, 3.63) is 83.4 Å². The highest BCUT2D eigenvalue weighted by Gasteiger charge is 2.35. The van der Waals surface area contributed by atoms with E-state index in [1.54, 1.807) is 24.3 Å². The van der Waals surface area contributed by atoms with E-state index < -0.39 is 28.5 Å². The van der Waals surface area contributed by atoms with Gasteiger partial charge in [0.1, 0.15) is 24.1 Å². The molecule has 3 aromatic rings. The Labute approximate surface area is 255 Å². The van der Waals surface area contributed by atoms with Gasteiger partial charge in [-0.3, -0.25) is 13.9 Å². The molecule has 2 atom stereocenters. The van der Waals surface area contributed by atoms with Crippen molar-refractivity contribution in [3.8, 4) is 11.5 Å². The average Bonchev–Trinajstić information content (AvgIpc) is 3.00. The van der Waals surface area contributed by atoms with Gasteiger partial charge in [-0.05, 0) is 63.4 Å². The molecule has 2 amide bonds. The second-order valence-electron chi connectivity index (χ2n) is 10.6. The van der Waals surface area contributed by atoms with Crippen molar-refractivity contribution < 1.29 is 27.5 Å². The van der Waals surface area contributed by atoms with Gasteiger partial charge >= 0.3 is 0 Å². The first-order chi connectivity index (χ1) is 20.4. The molecule has 3 aromatic carbocycles. The third-order valence-electron chi connectivity index (χ3n) is 7.40. The topological polar surface area (TPSA) is 105 Å². The predicted molar refractivity (Wildman–Crippen MR) is 169 cm³/mol. The van der Waals surface area contributed by atoms with Gasteiger partial charge in [0, 0.05) is 18.7 Å². The van der Waals surface area contributed by atoms with Crippen molar-refractivity contribution in [1.29, 1.82) is 0 Å². The second-order valence-corrected chi connectivity index (χ2v) is 12.5. The van der Waals surface area contributed by atoms with Gasteiger partial charge in [0.25, 0.3) is 10.0 Å². The van der Waals surface area contributed by atoms with Crippen LogP contribution in [0.4, 0.5) is 5.69 Å². The molecule has 0 radical (unpaired) electrons. The third-order valence-corrected chi connectivity index (χ3v) is 9.18. The van der Waals surface area contributed by atoms with E-state index in [1.807, 2.05) is 58.9 Å². The number of sulfonamides is 1. The van der Waals surface area contributed by atoms with Crippen LogP contribution in [0.25, 0.3) is 0 Å². The number of ether oxygens (including phenoxy) is 2. The van der Waals surface area contributed by atoms with Gasteiger partial charge in [-0.2, -0.15) is 0 Å². The zero-order valence-corrected chi connectivity index (χ0v) is 26.9. The van der Waals surface area contributed by atoms with Crippen LogP contribution in [0.2, 0.25) is 0 Å². The average molecular weight is 610 g/mol. The minimum Gasteiger partial charge on any atom is -0.497 e. The molecule has 0 saturated heterocycles. The fourth-order valence-corrected chi connectivity index (χ4v) is 6.01. The Bertz CT molecular complexity index is 1490. The van der Waals surface area contributed by atoms with E-state index in [0.29, 0.717) is 12.2 Å². The van der Waals surface area contributed by atoms with E-state index in [1.165, 1.54) is 37.3 Å². The van der Waals surface area contributed by atoms with Gasteiger partial charge in [0.2, 0.25) is 11.8 Å². The molecule has 0 heterocycles. The molecule has 0 aromatic heterocycles. The number of anilines is 1. The molecule has 0 aliphatic carbocycles. The number of amides is 2. The van der Waals surface area contributed by atoms with E-state index in [9.17, 15) is 18.0 Å². The fraction of sp³-hybridized carbons (Fsp3) is 0.394. The van der Waals surface area contributed by atoms with Crippen LogP contribution in [0.3, 0.4) is 0 Å². The Hall–Kier alpha value is -4.05. The smallest absolute Gasteiger partial charge is 0.264 e. The summed E-state index contributed by atoms with van der Waals surface area (Å²) >= 11 is 0. The summed E-state index contributed by atoms with van der Waals surface area (Å²) in [6, 6.07) is 18.0. The summed E-state index contributed by atoms with van der Waals surface area (Å²) < 4.78 is 40.4. The predicted octanol–water partition coefficient (Wildman–Crippen LogP) is 5.24. The zero-order chi connectivity index (χ0) is 31.7. The second kappa shape index (κ2) is 14.9. The van der Waals surface area contributed by atoms with Crippen molar-refractivity contribution in [2.24, 2.45) is 0 Å². The van der Waals surface area contributed by atoms with Crippen LogP contribution < -0.4 is 19.1 Å². The molecule has 1 N–H and O–H groups in total. The maximum Gasteiger partial charge on any atom is 0.264 e. The number of carbonyl (C=O) groups is 2. The molecule has 10 heteroatoms. The Morgan fingerprint density at radius 3 is 2.00 bits per heavy atom. The lowest BCUT2D eigenvalue weighted by molar-refractivity contribution is -0.140. The largest absolute Gasteiger partial charge is 0.497 e. The zero-order valence-electron chi connectivity index (χ0n) is 26.1. The van der Waals surface area contributed by atoms with Gasteiger partial charge in [-0.25, -0.2) is 8.42 Å². The van der Waals surface area contributed by atoms with E-state index in [4.69, 9.17) is 9.47 Å². The molecule has 0 fully saturated rings. The minimum absolute atomic E-state index is 0.0161. The highest BCUT2D eigenvalue weighted by Crippen LogP contribution is 2.36. The van der Waals surface area contributed by atoms with Crippen LogP contribution in [-0.2, 0) is 26.2 Å². The Kier molecular flexibility index (Phi) is 11.6. The van der Waals surface area contributed by atoms with Crippen molar-refractivity contribution in [1.82, 2.24) is 10.2 Å². The highest BCUT2D eigenvalue weighted by molar-refractivity contribution is 7.92. The van der Waals surface area contributed by atoms with Crippen LogP contribution in [0.15, 0.2) is 71.6 Å². The highest BCUT2D eigenvalue weighted by atomic mass is 32.2. The summed E-state index contributed by atoms with van der Waals surface area (Å²) in [5, 5.41) is 2.99. The monoisotopic (exact) mass is 609 g/mol. The van der Waals surface area contributed by atoms with Crippen LogP contribution in [-0.4, -0.2) is 58.0 Å². The number of benzene rings is 3. The summed E-state index contributed by atoms with van der Waals surface area (Å²) in [5.41, 5.74) is 2.91. The third kappa shape index (κ3) is 8.28. The SMILES string of the molecule is CC[C@H](C)NC(=O)[C@H](CC)N(Cc1ccc(C)cc1)C(=O)CN(c1cc(OC)ccc1OC)S(=O)(=O)c1ccc(C)cc1. The molecule has 0 saturated carbocycles. The van der Waals surface area contributed by atoms with E-state index in [-0.39, 0.29) is 34.8 Å². The number of nitrogens with one attached hydrogen (secondary N) is 1. The Morgan fingerprint density at radius 1 is 0.860 bits per heavy atom. The first-order valence-electron chi connectivity index (χ1n) is 14.4. The van der Waals surface area contributed by atoms with E-state index in [2.05, 4.69) is 5.32 Å². The number of carbonyl (C=O) groups excluding carboxylic acids is 2. The Balaban J connectivity index is 2.14. The van der Waals surface area contributed by atoms with E-state index >= 15 is 0 Å². The van der Waals surface area contributed by atoms with Gasteiger partial charge in [-0.15, -0.1) is 0 Å². The summed E-state index contributed by atoms with van der Waals surface area (Å²) in [6.07, 6.45) is 1.07. The van der Waals surface area contributed by atoms with Gasteiger partial charge in [0.15, 0.2) is 0 Å². The first kappa shape index (κ1) is 33.5. The standard InChI is InChI=1S/C33H43N3O6S/c1-8-25(5)34-33(38)29(9-2)35(21-26-14-10-23(3)11-15-26)32(37)22-36(30-20-27(41-6)16-19-31(30)42-7)43(39,40)28-17-12-24(4)13-18-28/h10-20,25,29H,8-9,21-22H2,1-7H3,(H,34,38)/t25-,29-/m0/s1. The number of nitrogens with zero attached hydrogens (tertiary/aromatic N) is 2. The molecule has 43 heavy (non-hydrogen) atoms. The minimum atomic E-state index is -4.26.